The highest BCUT2D eigenvalue weighted by molar-refractivity contribution is 5.84. The Hall–Kier alpha value is -3.74. The lowest BCUT2D eigenvalue weighted by Crippen LogP contribution is -2.42. The van der Waals surface area contributed by atoms with Gasteiger partial charge in [0.1, 0.15) is 23.4 Å². The second-order valence-corrected chi connectivity index (χ2v) is 9.86. The van der Waals surface area contributed by atoms with Crippen LogP contribution in [0.4, 0.5) is 11.5 Å². The first-order chi connectivity index (χ1) is 17.1. The number of benzene rings is 2. The molecule has 36 heavy (non-hydrogen) atoms. The highest BCUT2D eigenvalue weighted by Gasteiger charge is 2.44. The second kappa shape index (κ2) is 11.8. The molecule has 0 aliphatic rings. The molecule has 2 aromatic carbocycles. The zero-order valence-electron chi connectivity index (χ0n) is 21.7. The summed E-state index contributed by atoms with van der Waals surface area (Å²) in [6.45, 7) is 9.55. The van der Waals surface area contributed by atoms with Gasteiger partial charge in [0.05, 0.1) is 11.9 Å². The van der Waals surface area contributed by atoms with E-state index in [2.05, 4.69) is 10.3 Å². The Labute approximate surface area is 213 Å². The molecule has 0 spiro atoms. The number of esters is 2. The third kappa shape index (κ3) is 7.38. The van der Waals surface area contributed by atoms with E-state index in [9.17, 15) is 9.59 Å². The van der Waals surface area contributed by atoms with Crippen molar-refractivity contribution >= 4 is 23.4 Å². The molecule has 1 N–H and O–H groups in total. The van der Waals surface area contributed by atoms with Crippen molar-refractivity contribution in [1.29, 1.82) is 0 Å². The van der Waals surface area contributed by atoms with Gasteiger partial charge in [-0.2, -0.15) is 0 Å². The van der Waals surface area contributed by atoms with Crippen LogP contribution in [0.5, 0.6) is 0 Å². The number of nitrogens with one attached hydrogen (secondary N) is 1. The van der Waals surface area contributed by atoms with E-state index in [0.717, 1.165) is 16.8 Å². The lowest BCUT2D eigenvalue weighted by atomic mass is 9.77. The maximum absolute atomic E-state index is 13.5. The summed E-state index contributed by atoms with van der Waals surface area (Å²) in [5.74, 6) is -0.318. The molecule has 190 valence electrons. The van der Waals surface area contributed by atoms with E-state index in [1.807, 2.05) is 89.2 Å². The summed E-state index contributed by atoms with van der Waals surface area (Å²) in [7, 11) is 0. The first-order valence-corrected chi connectivity index (χ1v) is 12.2. The zero-order chi connectivity index (χ0) is 26.2. The summed E-state index contributed by atoms with van der Waals surface area (Å²) in [5, 5.41) is 3.24. The highest BCUT2D eigenvalue weighted by atomic mass is 16.6. The Morgan fingerprint density at radius 2 is 1.67 bits per heavy atom. The molecule has 0 amide bonds. The molecule has 0 aliphatic heterocycles. The molecule has 7 heteroatoms. The van der Waals surface area contributed by atoms with Crippen molar-refractivity contribution < 1.29 is 19.1 Å². The predicted octanol–water partition coefficient (Wildman–Crippen LogP) is 6.04. The summed E-state index contributed by atoms with van der Waals surface area (Å²) in [5.41, 5.74) is 1.51. The molecule has 3 aromatic rings. The van der Waals surface area contributed by atoms with Gasteiger partial charge in [0.25, 0.3) is 0 Å². The van der Waals surface area contributed by atoms with Gasteiger partial charge in [0.2, 0.25) is 0 Å². The molecule has 0 saturated carbocycles. The third-order valence-electron chi connectivity index (χ3n) is 5.84. The van der Waals surface area contributed by atoms with Crippen LogP contribution in [0.1, 0.15) is 63.8 Å². The van der Waals surface area contributed by atoms with Crippen LogP contribution in [0.25, 0.3) is 0 Å². The molecule has 1 unspecified atom stereocenters. The standard InChI is InChI=1S/C29H35N3O4/c1-6-29(27(34)36-28(3,4)5,17-16-26(33)35-20-22-10-8-7-9-11-22)24-18-30-19-25(32-24)31-23-14-12-21(2)13-15-23/h7-15,18-19H,6,16-17,20H2,1-5H3,(H,31,32). The fourth-order valence-corrected chi connectivity index (χ4v) is 3.78. The molecule has 0 aliphatic carbocycles. The van der Waals surface area contributed by atoms with E-state index in [0.29, 0.717) is 17.9 Å². The zero-order valence-corrected chi connectivity index (χ0v) is 21.7. The first-order valence-electron chi connectivity index (χ1n) is 12.2. The van der Waals surface area contributed by atoms with E-state index in [1.54, 1.807) is 12.4 Å². The van der Waals surface area contributed by atoms with Crippen LogP contribution in [-0.2, 0) is 31.1 Å². The van der Waals surface area contributed by atoms with E-state index in [-0.39, 0.29) is 25.4 Å². The van der Waals surface area contributed by atoms with Crippen molar-refractivity contribution in [3.05, 3.63) is 83.8 Å². The Kier molecular flexibility index (Phi) is 8.80. The van der Waals surface area contributed by atoms with Gasteiger partial charge in [-0.15, -0.1) is 0 Å². The number of anilines is 2. The topological polar surface area (TPSA) is 90.4 Å². The number of carbonyl (C=O) groups is 2. The normalized spacial score (nSPS) is 12.9. The third-order valence-corrected chi connectivity index (χ3v) is 5.84. The summed E-state index contributed by atoms with van der Waals surface area (Å²) in [6, 6.07) is 17.4. The second-order valence-electron chi connectivity index (χ2n) is 9.86. The van der Waals surface area contributed by atoms with Gasteiger partial charge in [-0.05, 0) is 58.2 Å². The molecule has 1 atom stereocenters. The molecule has 0 fully saturated rings. The lowest BCUT2D eigenvalue weighted by molar-refractivity contribution is -0.163. The van der Waals surface area contributed by atoms with E-state index >= 15 is 0 Å². The van der Waals surface area contributed by atoms with E-state index in [1.165, 1.54) is 0 Å². The molecule has 1 heterocycles. The van der Waals surface area contributed by atoms with Gasteiger partial charge in [-0.25, -0.2) is 4.98 Å². The Morgan fingerprint density at radius 3 is 2.31 bits per heavy atom. The van der Waals surface area contributed by atoms with Crippen LogP contribution in [0.15, 0.2) is 67.0 Å². The van der Waals surface area contributed by atoms with Crippen molar-refractivity contribution in [1.82, 2.24) is 9.97 Å². The van der Waals surface area contributed by atoms with Crippen LogP contribution >= 0.6 is 0 Å². The van der Waals surface area contributed by atoms with Crippen molar-refractivity contribution in [2.75, 3.05) is 5.32 Å². The van der Waals surface area contributed by atoms with Gasteiger partial charge in [0, 0.05) is 18.3 Å². The highest BCUT2D eigenvalue weighted by Crippen LogP contribution is 2.35. The number of rotatable bonds is 10. The molecule has 0 radical (unpaired) electrons. The van der Waals surface area contributed by atoms with Crippen molar-refractivity contribution in [2.45, 2.75) is 71.5 Å². The number of nitrogens with zero attached hydrogens (tertiary/aromatic N) is 2. The van der Waals surface area contributed by atoms with Crippen molar-refractivity contribution in [3.63, 3.8) is 0 Å². The molecular weight excluding hydrogens is 454 g/mol. The fourth-order valence-electron chi connectivity index (χ4n) is 3.78. The SMILES string of the molecule is CCC(CCC(=O)OCc1ccccc1)(C(=O)OC(C)(C)C)c1cncc(Nc2ccc(C)cc2)n1. The Morgan fingerprint density at radius 1 is 0.972 bits per heavy atom. The maximum atomic E-state index is 13.5. The number of carbonyl (C=O) groups excluding carboxylic acids is 2. The van der Waals surface area contributed by atoms with Gasteiger partial charge in [-0.3, -0.25) is 14.6 Å². The van der Waals surface area contributed by atoms with Crippen LogP contribution in [-0.4, -0.2) is 27.5 Å². The summed E-state index contributed by atoms with van der Waals surface area (Å²) in [6.07, 6.45) is 3.79. The van der Waals surface area contributed by atoms with Gasteiger partial charge < -0.3 is 14.8 Å². The van der Waals surface area contributed by atoms with Crippen LogP contribution in [0, 0.1) is 6.92 Å². The van der Waals surface area contributed by atoms with Crippen molar-refractivity contribution in [3.8, 4) is 0 Å². The molecular formula is C29H35N3O4. The van der Waals surface area contributed by atoms with Gasteiger partial charge in [-0.1, -0.05) is 55.0 Å². The summed E-state index contributed by atoms with van der Waals surface area (Å²) < 4.78 is 11.3. The molecule has 7 nitrogen and oxygen atoms in total. The fraction of sp³-hybridized carbons (Fsp3) is 0.379. The van der Waals surface area contributed by atoms with Crippen LogP contribution in [0.3, 0.4) is 0 Å². The Bertz CT molecular complexity index is 1160. The molecule has 0 saturated heterocycles. The number of hydrogen-bond acceptors (Lipinski definition) is 7. The molecule has 3 rings (SSSR count). The Balaban J connectivity index is 1.83. The van der Waals surface area contributed by atoms with Crippen molar-refractivity contribution in [2.24, 2.45) is 0 Å². The average molecular weight is 490 g/mol. The lowest BCUT2D eigenvalue weighted by Gasteiger charge is -2.33. The van der Waals surface area contributed by atoms with E-state index in [4.69, 9.17) is 14.5 Å². The van der Waals surface area contributed by atoms with Gasteiger partial charge in [0.15, 0.2) is 0 Å². The smallest absolute Gasteiger partial charge is 0.318 e. The van der Waals surface area contributed by atoms with E-state index < -0.39 is 17.0 Å². The molecule has 1 aromatic heterocycles. The first kappa shape index (κ1) is 26.9. The minimum Gasteiger partial charge on any atom is -0.461 e. The van der Waals surface area contributed by atoms with Crippen LogP contribution in [0.2, 0.25) is 0 Å². The number of ether oxygens (including phenoxy) is 2. The minimum absolute atomic E-state index is 0.0389. The monoisotopic (exact) mass is 489 g/mol. The average Bonchev–Trinajstić information content (AvgIpc) is 2.85. The summed E-state index contributed by atoms with van der Waals surface area (Å²) in [4.78, 5) is 35.3. The minimum atomic E-state index is -1.16. The largest absolute Gasteiger partial charge is 0.461 e. The quantitative estimate of drug-likeness (QED) is 0.347. The number of aromatic nitrogens is 2. The molecule has 0 bridgehead atoms. The maximum Gasteiger partial charge on any atom is 0.318 e. The van der Waals surface area contributed by atoms with Gasteiger partial charge >= 0.3 is 11.9 Å². The number of hydrogen-bond donors (Lipinski definition) is 1. The van der Waals surface area contributed by atoms with Crippen LogP contribution < -0.4 is 5.32 Å². The summed E-state index contributed by atoms with van der Waals surface area (Å²) >= 11 is 0. The predicted molar refractivity (Wildman–Crippen MR) is 140 cm³/mol. The number of aryl methyl sites for hydroxylation is 1.